The van der Waals surface area contributed by atoms with Crippen molar-refractivity contribution < 1.29 is 4.79 Å². The van der Waals surface area contributed by atoms with Crippen molar-refractivity contribution in [3.05, 3.63) is 63.6 Å². The molecule has 0 aliphatic rings. The van der Waals surface area contributed by atoms with Crippen LogP contribution in [0.25, 0.3) is 0 Å². The Morgan fingerprint density at radius 2 is 1.95 bits per heavy atom. The SMILES string of the molecule is Cc1cccc(CNC(=O)CCNc2ccc(C)c(Br)c2)c1. The van der Waals surface area contributed by atoms with Crippen LogP contribution in [0.4, 0.5) is 5.69 Å². The van der Waals surface area contributed by atoms with Gasteiger partial charge in [0.25, 0.3) is 0 Å². The van der Waals surface area contributed by atoms with Crippen molar-refractivity contribution in [1.29, 1.82) is 0 Å². The second-order valence-corrected chi connectivity index (χ2v) is 6.26. The van der Waals surface area contributed by atoms with Gasteiger partial charge in [0.2, 0.25) is 5.91 Å². The van der Waals surface area contributed by atoms with Crippen LogP contribution in [0, 0.1) is 13.8 Å². The topological polar surface area (TPSA) is 41.1 Å². The molecule has 4 heteroatoms. The molecular formula is C18H21BrN2O. The van der Waals surface area contributed by atoms with Gasteiger partial charge in [0.05, 0.1) is 0 Å². The van der Waals surface area contributed by atoms with E-state index in [9.17, 15) is 4.79 Å². The van der Waals surface area contributed by atoms with Gasteiger partial charge in [-0.1, -0.05) is 51.8 Å². The van der Waals surface area contributed by atoms with Crippen LogP contribution in [0.5, 0.6) is 0 Å². The molecule has 0 saturated carbocycles. The fourth-order valence-electron chi connectivity index (χ4n) is 2.13. The van der Waals surface area contributed by atoms with E-state index in [-0.39, 0.29) is 5.91 Å². The standard InChI is InChI=1S/C18H21BrN2O/c1-13-4-3-5-15(10-13)12-21-18(22)8-9-20-16-7-6-14(2)17(19)11-16/h3-7,10-11,20H,8-9,12H2,1-2H3,(H,21,22). The molecule has 0 saturated heterocycles. The molecule has 3 nitrogen and oxygen atoms in total. The Hall–Kier alpha value is -1.81. The molecule has 0 aromatic heterocycles. The molecule has 0 aliphatic heterocycles. The molecule has 2 N–H and O–H groups in total. The Morgan fingerprint density at radius 3 is 2.68 bits per heavy atom. The average molecular weight is 361 g/mol. The van der Waals surface area contributed by atoms with E-state index in [1.165, 1.54) is 11.1 Å². The Morgan fingerprint density at radius 1 is 1.14 bits per heavy atom. The van der Waals surface area contributed by atoms with Crippen LogP contribution in [-0.4, -0.2) is 12.5 Å². The Labute approximate surface area is 140 Å². The van der Waals surface area contributed by atoms with Crippen LogP contribution in [-0.2, 0) is 11.3 Å². The smallest absolute Gasteiger partial charge is 0.222 e. The van der Waals surface area contributed by atoms with Gasteiger partial charge in [-0.15, -0.1) is 0 Å². The lowest BCUT2D eigenvalue weighted by molar-refractivity contribution is -0.121. The van der Waals surface area contributed by atoms with Crippen molar-refractivity contribution in [2.24, 2.45) is 0 Å². The number of aryl methyl sites for hydroxylation is 2. The fourth-order valence-corrected chi connectivity index (χ4v) is 2.51. The van der Waals surface area contributed by atoms with E-state index in [0.29, 0.717) is 19.5 Å². The molecule has 116 valence electrons. The first-order chi connectivity index (χ1) is 10.5. The van der Waals surface area contributed by atoms with Crippen LogP contribution in [0.3, 0.4) is 0 Å². The second kappa shape index (κ2) is 7.99. The van der Waals surface area contributed by atoms with Crippen molar-refractivity contribution in [3.8, 4) is 0 Å². The van der Waals surface area contributed by atoms with Gasteiger partial charge < -0.3 is 10.6 Å². The van der Waals surface area contributed by atoms with E-state index in [0.717, 1.165) is 15.7 Å². The zero-order valence-electron chi connectivity index (χ0n) is 12.9. The molecule has 2 aromatic carbocycles. The van der Waals surface area contributed by atoms with Crippen molar-refractivity contribution >= 4 is 27.5 Å². The number of anilines is 1. The highest BCUT2D eigenvalue weighted by molar-refractivity contribution is 9.10. The third-order valence-electron chi connectivity index (χ3n) is 3.43. The van der Waals surface area contributed by atoms with Gasteiger partial charge in [-0.2, -0.15) is 0 Å². The van der Waals surface area contributed by atoms with Crippen molar-refractivity contribution in [3.63, 3.8) is 0 Å². The van der Waals surface area contributed by atoms with Crippen molar-refractivity contribution in [1.82, 2.24) is 5.32 Å². The van der Waals surface area contributed by atoms with E-state index in [2.05, 4.69) is 45.6 Å². The molecular weight excluding hydrogens is 340 g/mol. The molecule has 0 spiro atoms. The van der Waals surface area contributed by atoms with E-state index in [4.69, 9.17) is 0 Å². The number of hydrogen-bond acceptors (Lipinski definition) is 2. The zero-order chi connectivity index (χ0) is 15.9. The summed E-state index contributed by atoms with van der Waals surface area (Å²) >= 11 is 3.50. The molecule has 0 heterocycles. The summed E-state index contributed by atoms with van der Waals surface area (Å²) in [6.45, 7) is 5.30. The summed E-state index contributed by atoms with van der Waals surface area (Å²) in [5.41, 5.74) is 4.55. The Balaban J connectivity index is 1.72. The molecule has 2 rings (SSSR count). The minimum Gasteiger partial charge on any atom is -0.384 e. The molecule has 0 fully saturated rings. The quantitative estimate of drug-likeness (QED) is 0.810. The predicted molar refractivity (Wildman–Crippen MR) is 95.0 cm³/mol. The number of rotatable bonds is 6. The van der Waals surface area contributed by atoms with Gasteiger partial charge in [0.15, 0.2) is 0 Å². The molecule has 0 unspecified atom stereocenters. The zero-order valence-corrected chi connectivity index (χ0v) is 14.5. The normalized spacial score (nSPS) is 10.3. The summed E-state index contributed by atoms with van der Waals surface area (Å²) in [4.78, 5) is 11.9. The monoisotopic (exact) mass is 360 g/mol. The van der Waals surface area contributed by atoms with Gasteiger partial charge in [-0.25, -0.2) is 0 Å². The first-order valence-corrected chi connectivity index (χ1v) is 8.16. The number of hydrogen-bond donors (Lipinski definition) is 2. The van der Waals surface area contributed by atoms with Gasteiger partial charge >= 0.3 is 0 Å². The van der Waals surface area contributed by atoms with Gasteiger partial charge in [-0.3, -0.25) is 4.79 Å². The fraction of sp³-hybridized carbons (Fsp3) is 0.278. The maximum absolute atomic E-state index is 11.9. The van der Waals surface area contributed by atoms with Crippen LogP contribution in [0.15, 0.2) is 46.9 Å². The number of benzene rings is 2. The molecule has 0 radical (unpaired) electrons. The van der Waals surface area contributed by atoms with E-state index >= 15 is 0 Å². The first-order valence-electron chi connectivity index (χ1n) is 7.37. The maximum atomic E-state index is 11.9. The number of halogens is 1. The molecule has 22 heavy (non-hydrogen) atoms. The minimum absolute atomic E-state index is 0.0557. The van der Waals surface area contributed by atoms with E-state index in [1.807, 2.05) is 37.3 Å². The van der Waals surface area contributed by atoms with Crippen LogP contribution in [0.1, 0.15) is 23.1 Å². The average Bonchev–Trinajstić information content (AvgIpc) is 2.49. The van der Waals surface area contributed by atoms with Gasteiger partial charge in [-0.05, 0) is 37.1 Å². The third kappa shape index (κ3) is 5.19. The lowest BCUT2D eigenvalue weighted by Crippen LogP contribution is -2.24. The van der Waals surface area contributed by atoms with Crippen molar-refractivity contribution in [2.75, 3.05) is 11.9 Å². The summed E-state index contributed by atoms with van der Waals surface area (Å²) in [6, 6.07) is 14.3. The molecule has 0 bridgehead atoms. The van der Waals surface area contributed by atoms with Crippen LogP contribution >= 0.6 is 15.9 Å². The lowest BCUT2D eigenvalue weighted by atomic mass is 10.1. The second-order valence-electron chi connectivity index (χ2n) is 5.41. The van der Waals surface area contributed by atoms with Gasteiger partial charge in [0, 0.05) is 29.7 Å². The number of nitrogens with one attached hydrogen (secondary N) is 2. The molecule has 0 atom stereocenters. The third-order valence-corrected chi connectivity index (χ3v) is 4.28. The summed E-state index contributed by atoms with van der Waals surface area (Å²) in [6.07, 6.45) is 0.456. The summed E-state index contributed by atoms with van der Waals surface area (Å²) in [5, 5.41) is 6.20. The molecule has 0 aliphatic carbocycles. The molecule has 2 aromatic rings. The number of carbonyl (C=O) groups is 1. The highest BCUT2D eigenvalue weighted by Gasteiger charge is 2.02. The van der Waals surface area contributed by atoms with Gasteiger partial charge in [0.1, 0.15) is 0 Å². The maximum Gasteiger partial charge on any atom is 0.222 e. The van der Waals surface area contributed by atoms with Crippen LogP contribution in [0.2, 0.25) is 0 Å². The highest BCUT2D eigenvalue weighted by Crippen LogP contribution is 2.20. The van der Waals surface area contributed by atoms with E-state index < -0.39 is 0 Å². The predicted octanol–water partition coefficient (Wildman–Crippen LogP) is 4.18. The summed E-state index contributed by atoms with van der Waals surface area (Å²) in [5.74, 6) is 0.0557. The Bertz CT molecular complexity index is 655. The van der Waals surface area contributed by atoms with Crippen molar-refractivity contribution in [2.45, 2.75) is 26.8 Å². The molecule has 1 amide bonds. The first kappa shape index (κ1) is 16.6. The largest absolute Gasteiger partial charge is 0.384 e. The number of amides is 1. The highest BCUT2D eigenvalue weighted by atomic mass is 79.9. The summed E-state index contributed by atoms with van der Waals surface area (Å²) in [7, 11) is 0. The lowest BCUT2D eigenvalue weighted by Gasteiger charge is -2.09. The van der Waals surface area contributed by atoms with Crippen LogP contribution < -0.4 is 10.6 Å². The Kier molecular flexibility index (Phi) is 6.01. The number of carbonyl (C=O) groups excluding carboxylic acids is 1. The van der Waals surface area contributed by atoms with E-state index in [1.54, 1.807) is 0 Å². The summed E-state index contributed by atoms with van der Waals surface area (Å²) < 4.78 is 1.07. The minimum atomic E-state index is 0.0557.